The largest absolute Gasteiger partial charge is 0.480 e. The molecule has 0 heterocycles. The lowest BCUT2D eigenvalue weighted by Gasteiger charge is -2.44. The summed E-state index contributed by atoms with van der Waals surface area (Å²) in [7, 11) is 0. The fourth-order valence-corrected chi connectivity index (χ4v) is 4.03. The van der Waals surface area contributed by atoms with Crippen molar-refractivity contribution < 1.29 is 19.8 Å². The monoisotopic (exact) mass is 420 g/mol. The Morgan fingerprint density at radius 2 is 0.963 bits per heavy atom. The van der Waals surface area contributed by atoms with Crippen molar-refractivity contribution in [3.05, 3.63) is 0 Å². The number of hydrogen-bond acceptors (Lipinski definition) is 4. The summed E-state index contributed by atoms with van der Waals surface area (Å²) < 4.78 is 0. The third-order valence-electron chi connectivity index (χ3n) is 6.03. The van der Waals surface area contributed by atoms with Gasteiger partial charge in [-0.1, -0.05) is 52.4 Å². The molecule has 4 nitrogen and oxygen atoms in total. The van der Waals surface area contributed by atoms with Gasteiger partial charge in [0.15, 0.2) is 0 Å². The maximum atomic E-state index is 9.62. The van der Waals surface area contributed by atoms with Gasteiger partial charge in [0.1, 0.15) is 0 Å². The molecule has 160 valence electrons. The Hall–Kier alpha value is -0.360. The highest BCUT2D eigenvalue weighted by Crippen LogP contribution is 2.48. The first kappa shape index (κ1) is 26.6. The Balaban J connectivity index is 0.000000470. The van der Waals surface area contributed by atoms with Gasteiger partial charge in [0.25, 0.3) is 0 Å². The van der Waals surface area contributed by atoms with Crippen molar-refractivity contribution in [2.45, 2.75) is 102 Å². The summed E-state index contributed by atoms with van der Waals surface area (Å²) >= 11 is 7.19. The number of aliphatic carboxylic acids is 2. The summed E-state index contributed by atoms with van der Waals surface area (Å²) in [6, 6.07) is 0. The van der Waals surface area contributed by atoms with E-state index in [1.807, 2.05) is 0 Å². The van der Waals surface area contributed by atoms with Crippen molar-refractivity contribution in [2.75, 3.05) is 0 Å². The molecule has 2 N–H and O–H groups in total. The zero-order chi connectivity index (χ0) is 21.0. The van der Waals surface area contributed by atoms with Crippen molar-refractivity contribution in [3.8, 4) is 0 Å². The zero-order valence-corrected chi connectivity index (χ0v) is 19.3. The van der Waals surface area contributed by atoms with E-state index in [9.17, 15) is 9.59 Å². The molecule has 2 fully saturated rings. The number of rotatable bonds is 4. The van der Waals surface area contributed by atoms with Gasteiger partial charge < -0.3 is 10.2 Å². The van der Waals surface area contributed by atoms with Gasteiger partial charge in [-0.2, -0.15) is 25.3 Å². The molecule has 0 spiro atoms. The summed E-state index contributed by atoms with van der Waals surface area (Å²) in [6.07, 6.45) is 15.1. The van der Waals surface area contributed by atoms with E-state index in [1.165, 1.54) is 78.1 Å². The minimum absolute atomic E-state index is 0.537. The highest BCUT2D eigenvalue weighted by atomic mass is 32.1. The number of thiol groups is 2. The van der Waals surface area contributed by atoms with Crippen LogP contribution in [-0.4, -0.2) is 32.7 Å². The van der Waals surface area contributed by atoms with E-state index in [0.717, 1.165) is 11.8 Å². The van der Waals surface area contributed by atoms with Crippen molar-refractivity contribution in [2.24, 2.45) is 17.3 Å². The normalized spacial score (nSPS) is 21.0. The van der Waals surface area contributed by atoms with E-state index >= 15 is 0 Å². The second kappa shape index (κ2) is 13.8. The van der Waals surface area contributed by atoms with Gasteiger partial charge in [-0.05, 0) is 56.8 Å². The van der Waals surface area contributed by atoms with Crippen LogP contribution in [0.25, 0.3) is 0 Å². The first-order chi connectivity index (χ1) is 12.5. The Morgan fingerprint density at radius 1 is 0.741 bits per heavy atom. The summed E-state index contributed by atoms with van der Waals surface area (Å²) in [5, 5.41) is 14.8. The second-order valence-corrected chi connectivity index (χ2v) is 10.1. The van der Waals surface area contributed by atoms with Gasteiger partial charge in [-0.15, -0.1) is 0 Å². The van der Waals surface area contributed by atoms with Gasteiger partial charge in [-0.3, -0.25) is 9.59 Å². The Morgan fingerprint density at radius 3 is 1.15 bits per heavy atom. The van der Waals surface area contributed by atoms with E-state index in [1.54, 1.807) is 0 Å². The molecule has 0 aliphatic heterocycles. The number of hydrogen-bond donors (Lipinski definition) is 4. The second-order valence-electron chi connectivity index (χ2n) is 8.52. The van der Waals surface area contributed by atoms with Crippen LogP contribution >= 0.6 is 25.3 Å². The van der Waals surface area contributed by atoms with Crippen LogP contribution in [0.2, 0.25) is 0 Å². The van der Waals surface area contributed by atoms with Gasteiger partial charge >= 0.3 is 11.9 Å². The lowest BCUT2D eigenvalue weighted by molar-refractivity contribution is -0.137. The lowest BCUT2D eigenvalue weighted by atomic mass is 9.61. The van der Waals surface area contributed by atoms with Gasteiger partial charge in [0.05, 0.1) is 10.5 Å². The molecule has 0 saturated heterocycles. The molecule has 0 amide bonds. The van der Waals surface area contributed by atoms with Crippen LogP contribution in [0.5, 0.6) is 0 Å². The van der Waals surface area contributed by atoms with Gasteiger partial charge in [0.2, 0.25) is 0 Å². The van der Waals surface area contributed by atoms with Gasteiger partial charge in [0, 0.05) is 0 Å². The number of carboxylic acids is 2. The molecule has 0 bridgehead atoms. The molecule has 0 aromatic carbocycles. The highest BCUT2D eigenvalue weighted by Gasteiger charge is 2.37. The van der Waals surface area contributed by atoms with E-state index in [-0.39, 0.29) is 0 Å². The third-order valence-corrected chi connectivity index (χ3v) is 6.47. The topological polar surface area (TPSA) is 74.6 Å². The lowest BCUT2D eigenvalue weighted by Crippen LogP contribution is -2.35. The van der Waals surface area contributed by atoms with E-state index in [2.05, 4.69) is 39.1 Å². The zero-order valence-electron chi connectivity index (χ0n) is 17.5. The Kier molecular flexibility index (Phi) is 13.6. The molecule has 2 aliphatic rings. The van der Waals surface area contributed by atoms with Crippen molar-refractivity contribution in [3.63, 3.8) is 0 Å². The summed E-state index contributed by atoms with van der Waals surface area (Å²) in [5.41, 5.74) is 0.640. The quantitative estimate of drug-likeness (QED) is 0.424. The molecule has 0 radical (unpaired) electrons. The maximum absolute atomic E-state index is 9.62. The molecule has 6 heteroatoms. The summed E-state index contributed by atoms with van der Waals surface area (Å²) in [4.78, 5) is 19.2. The molecule has 2 atom stereocenters. The standard InChI is InChI=1S/C15H28.2C3H6O2S/c1-15(2,13-9-5-3-6-10-13)14-11-7-4-8-12-14;2*1-2(6)3(4)5/h13-14H,3-12H2,1-2H3;2*2,6H,1H3,(H,4,5). The first-order valence-corrected chi connectivity index (χ1v) is 11.3. The predicted octanol–water partition coefficient (Wildman–Crippen LogP) is 5.95. The molecule has 2 saturated carbocycles. The van der Waals surface area contributed by atoms with Crippen LogP contribution in [0.15, 0.2) is 0 Å². The van der Waals surface area contributed by atoms with E-state index < -0.39 is 22.4 Å². The molecule has 2 rings (SSSR count). The average molecular weight is 421 g/mol. The molecule has 2 aliphatic carbocycles. The van der Waals surface area contributed by atoms with Crippen LogP contribution in [0.4, 0.5) is 0 Å². The average Bonchev–Trinajstić information content (AvgIpc) is 2.64. The SMILES string of the molecule is CC(C)(C1CCCCC1)C1CCCCC1.CC(S)C(=O)O.CC(S)C(=O)O. The van der Waals surface area contributed by atoms with Crippen LogP contribution in [0.1, 0.15) is 91.9 Å². The molecular weight excluding hydrogens is 380 g/mol. The first-order valence-electron chi connectivity index (χ1n) is 10.3. The number of carboxylic acid groups (broad SMARTS) is 2. The van der Waals surface area contributed by atoms with Crippen LogP contribution in [-0.2, 0) is 9.59 Å². The highest BCUT2D eigenvalue weighted by molar-refractivity contribution is 7.81. The van der Waals surface area contributed by atoms with Crippen LogP contribution in [0, 0.1) is 17.3 Å². The van der Waals surface area contributed by atoms with E-state index in [4.69, 9.17) is 10.2 Å². The van der Waals surface area contributed by atoms with E-state index in [0.29, 0.717) is 5.41 Å². The van der Waals surface area contributed by atoms with Crippen molar-refractivity contribution in [1.29, 1.82) is 0 Å². The Labute approximate surface area is 176 Å². The van der Waals surface area contributed by atoms with Crippen LogP contribution < -0.4 is 0 Å². The minimum Gasteiger partial charge on any atom is -0.480 e. The van der Waals surface area contributed by atoms with Crippen LogP contribution in [0.3, 0.4) is 0 Å². The molecule has 0 aromatic heterocycles. The third kappa shape index (κ3) is 11.3. The van der Waals surface area contributed by atoms with Gasteiger partial charge in [-0.25, -0.2) is 0 Å². The number of carbonyl (C=O) groups is 2. The van der Waals surface area contributed by atoms with Crippen molar-refractivity contribution in [1.82, 2.24) is 0 Å². The van der Waals surface area contributed by atoms with Crippen molar-refractivity contribution >= 4 is 37.2 Å². The Bertz CT molecular complexity index is 386. The minimum atomic E-state index is -0.877. The summed E-state index contributed by atoms with van der Waals surface area (Å²) in [5.74, 6) is 0.320. The molecular formula is C21H40O4S2. The molecule has 0 aromatic rings. The maximum Gasteiger partial charge on any atom is 0.316 e. The fraction of sp³-hybridized carbons (Fsp3) is 0.905. The predicted molar refractivity (Wildman–Crippen MR) is 119 cm³/mol. The summed E-state index contributed by atoms with van der Waals surface area (Å²) in [6.45, 7) is 8.15. The fourth-order valence-electron chi connectivity index (χ4n) is 4.03. The molecule has 2 unspecified atom stereocenters. The molecule has 27 heavy (non-hydrogen) atoms. The smallest absolute Gasteiger partial charge is 0.316 e.